The summed E-state index contributed by atoms with van der Waals surface area (Å²) in [6.45, 7) is 9.50. The Balaban J connectivity index is 1.31. The van der Waals surface area contributed by atoms with Crippen LogP contribution in [-0.4, -0.2) is 125 Å². The highest BCUT2D eigenvalue weighted by Gasteiger charge is 2.57. The molecule has 0 aromatic heterocycles. The Bertz CT molecular complexity index is 2120. The van der Waals surface area contributed by atoms with Gasteiger partial charge in [-0.3, -0.25) is 14.4 Å². The lowest BCUT2D eigenvalue weighted by molar-refractivity contribution is -0.161. The predicted molar refractivity (Wildman–Crippen MR) is 237 cm³/mol. The first kappa shape index (κ1) is 46.4. The number of carbonyl (C=O) groups is 2. The zero-order chi connectivity index (χ0) is 44.4. The zero-order valence-corrected chi connectivity index (χ0v) is 37.9. The van der Waals surface area contributed by atoms with Gasteiger partial charge in [0.15, 0.2) is 0 Å². The van der Waals surface area contributed by atoms with Crippen LogP contribution in [-0.2, 0) is 26.2 Å². The molecule has 1 saturated heterocycles. The molecule has 3 aromatic rings. The second-order valence-corrected chi connectivity index (χ2v) is 20.1. The summed E-state index contributed by atoms with van der Waals surface area (Å²) in [6.07, 6.45) is 2.46. The maximum Gasteiger partial charge on any atom is 0.251 e. The van der Waals surface area contributed by atoms with Crippen molar-refractivity contribution in [2.75, 3.05) is 65.7 Å². The number of benzene rings is 3. The summed E-state index contributed by atoms with van der Waals surface area (Å²) in [5.41, 5.74) is 4.05. The molecule has 1 aliphatic heterocycles. The molecule has 1 heterocycles. The van der Waals surface area contributed by atoms with Crippen LogP contribution in [0.4, 0.5) is 5.69 Å². The van der Waals surface area contributed by atoms with Gasteiger partial charge in [-0.2, -0.15) is 5.06 Å². The molecule has 0 spiro atoms. The maximum atomic E-state index is 14.4. The average molecular weight is 863 g/mol. The number of amides is 2. The third-order valence-corrected chi connectivity index (χ3v) is 14.2. The number of anilines is 1. The Kier molecular flexibility index (Phi) is 14.5. The zero-order valence-electron chi connectivity index (χ0n) is 37.1. The number of nitrogens with one attached hydrogen (secondary N) is 3. The van der Waals surface area contributed by atoms with Crippen LogP contribution in [0, 0.1) is 29.1 Å². The van der Waals surface area contributed by atoms with Crippen LogP contribution in [0.5, 0.6) is 5.75 Å². The fraction of sp³-hybridized carbons (Fsp3) is 0.565. The van der Waals surface area contributed by atoms with Crippen LogP contribution < -0.4 is 25.0 Å². The molecule has 334 valence electrons. The number of hydrogen-bond donors (Lipinski definition) is 5. The summed E-state index contributed by atoms with van der Waals surface area (Å²) in [4.78, 5) is 38.6. The van der Waals surface area contributed by atoms with E-state index in [9.17, 15) is 28.2 Å². The molecular formula is C46H66N6O8S. The molecule has 14 nitrogen and oxygen atoms in total. The van der Waals surface area contributed by atoms with Crippen molar-refractivity contribution in [1.29, 1.82) is 0 Å². The van der Waals surface area contributed by atoms with Crippen molar-refractivity contribution in [2.45, 2.75) is 77.4 Å². The number of para-hydroxylation sites is 1. The molecule has 3 aromatic carbocycles. The Morgan fingerprint density at radius 3 is 2.38 bits per heavy atom. The van der Waals surface area contributed by atoms with Crippen molar-refractivity contribution in [3.63, 3.8) is 0 Å². The first-order valence-corrected chi connectivity index (χ1v) is 23.2. The maximum absolute atomic E-state index is 14.4. The number of methoxy groups -OCH3 is 1. The minimum atomic E-state index is -3.68. The number of sulfonamides is 1. The number of aliphatic hydroxyl groups excluding tert-OH is 2. The van der Waals surface area contributed by atoms with Gasteiger partial charge in [-0.05, 0) is 86.4 Å². The molecule has 0 unspecified atom stereocenters. The first-order valence-electron chi connectivity index (χ1n) is 21.3. The van der Waals surface area contributed by atoms with Crippen molar-refractivity contribution >= 4 is 27.5 Å². The van der Waals surface area contributed by atoms with E-state index in [1.807, 2.05) is 85.5 Å². The molecule has 4 fully saturated rings. The Morgan fingerprint density at radius 1 is 1.05 bits per heavy atom. The molecule has 15 heteroatoms. The van der Waals surface area contributed by atoms with Crippen LogP contribution in [0.1, 0.15) is 68.1 Å². The van der Waals surface area contributed by atoms with Gasteiger partial charge in [0.1, 0.15) is 11.8 Å². The van der Waals surface area contributed by atoms with Gasteiger partial charge in [-0.1, -0.05) is 69.3 Å². The standard InChI is InChI=1S/C46H66N6O8S/c1-28-38-23-34(46(38,3)4)24-39(28)47-45(56)42-37(29(2)54)27-60-52(42)25-31-16-13-17-36(43(31)59-8)32-20-33(22-35(21-32)51(7)18-19-53)44(55)48-40(26-50(5)6)41(49-61(9,57)58)30-14-11-10-12-15-30/h10-17,20-22,28-29,34,37-42,49,53-54H,18-19,23-27H2,1-9H3,(H,47,56)(H,48,55)/t28-,29-,34+,37-,38-,39-,40+,41-,42-/m0/s1. The number of carbonyl (C=O) groups excluding carboxylic acids is 2. The summed E-state index contributed by atoms with van der Waals surface area (Å²) >= 11 is 0. The third-order valence-electron chi connectivity index (χ3n) is 13.5. The smallest absolute Gasteiger partial charge is 0.251 e. The van der Waals surface area contributed by atoms with Crippen molar-refractivity contribution in [1.82, 2.24) is 25.3 Å². The van der Waals surface area contributed by atoms with Gasteiger partial charge in [-0.15, -0.1) is 0 Å². The second-order valence-electron chi connectivity index (χ2n) is 18.3. The lowest BCUT2D eigenvalue weighted by Gasteiger charge is -2.62. The molecule has 3 aliphatic carbocycles. The lowest BCUT2D eigenvalue weighted by Crippen LogP contribution is -2.62. The van der Waals surface area contributed by atoms with E-state index in [0.717, 1.165) is 18.2 Å². The van der Waals surface area contributed by atoms with E-state index in [4.69, 9.17) is 9.57 Å². The van der Waals surface area contributed by atoms with Crippen LogP contribution in [0.15, 0.2) is 66.7 Å². The number of fused-ring (bicyclic) bond motifs is 2. The summed E-state index contributed by atoms with van der Waals surface area (Å²) in [6, 6.07) is 18.2. The Hall–Kier alpha value is -4.09. The van der Waals surface area contributed by atoms with Crippen LogP contribution >= 0.6 is 0 Å². The largest absolute Gasteiger partial charge is 0.496 e. The number of likely N-dealkylation sites (N-methyl/N-ethyl adjacent to an activating group) is 2. The lowest BCUT2D eigenvalue weighted by atomic mass is 9.45. The molecule has 3 saturated carbocycles. The highest BCUT2D eigenvalue weighted by molar-refractivity contribution is 7.88. The molecular weight excluding hydrogens is 797 g/mol. The van der Waals surface area contributed by atoms with E-state index in [1.54, 1.807) is 31.2 Å². The van der Waals surface area contributed by atoms with Crippen molar-refractivity contribution in [3.05, 3.63) is 83.4 Å². The van der Waals surface area contributed by atoms with E-state index < -0.39 is 46.1 Å². The number of hydrogen-bond acceptors (Lipinski definition) is 11. The number of ether oxygens (including phenoxy) is 1. The number of aliphatic hydroxyl groups is 2. The van der Waals surface area contributed by atoms with E-state index in [1.165, 1.54) is 6.42 Å². The molecule has 4 aliphatic rings. The summed E-state index contributed by atoms with van der Waals surface area (Å²) < 4.78 is 34.1. The number of rotatable bonds is 18. The summed E-state index contributed by atoms with van der Waals surface area (Å²) in [5, 5.41) is 28.9. The Morgan fingerprint density at radius 2 is 1.77 bits per heavy atom. The Labute approximate surface area is 362 Å². The first-order chi connectivity index (χ1) is 28.8. The highest BCUT2D eigenvalue weighted by atomic mass is 32.2. The molecule has 2 amide bonds. The van der Waals surface area contributed by atoms with Gasteiger partial charge in [0, 0.05) is 54.5 Å². The fourth-order valence-corrected chi connectivity index (χ4v) is 10.7. The fourth-order valence-electron chi connectivity index (χ4n) is 9.94. The molecule has 9 atom stereocenters. The van der Waals surface area contributed by atoms with Gasteiger partial charge in [0.25, 0.3) is 5.91 Å². The monoisotopic (exact) mass is 862 g/mol. The summed E-state index contributed by atoms with van der Waals surface area (Å²) in [5.74, 6) is 0.982. The van der Waals surface area contributed by atoms with E-state index in [-0.39, 0.29) is 37.1 Å². The van der Waals surface area contributed by atoms with E-state index in [0.29, 0.717) is 64.5 Å². The van der Waals surface area contributed by atoms with Crippen LogP contribution in [0.3, 0.4) is 0 Å². The van der Waals surface area contributed by atoms with E-state index >= 15 is 0 Å². The van der Waals surface area contributed by atoms with Crippen LogP contribution in [0.25, 0.3) is 11.1 Å². The molecule has 5 N–H and O–H groups in total. The molecule has 2 bridgehead atoms. The topological polar surface area (TPSA) is 173 Å². The molecule has 61 heavy (non-hydrogen) atoms. The van der Waals surface area contributed by atoms with Gasteiger partial charge in [0.05, 0.1) is 51.3 Å². The normalized spacial score (nSPS) is 25.0. The van der Waals surface area contributed by atoms with Gasteiger partial charge in [-0.25, -0.2) is 13.1 Å². The quantitative estimate of drug-likeness (QED) is 0.125. The molecule has 7 rings (SSSR count). The van der Waals surface area contributed by atoms with Gasteiger partial charge in [0.2, 0.25) is 15.9 Å². The minimum Gasteiger partial charge on any atom is -0.496 e. The number of nitrogens with zero attached hydrogens (tertiary/aromatic N) is 3. The van der Waals surface area contributed by atoms with Gasteiger partial charge < -0.3 is 35.4 Å². The van der Waals surface area contributed by atoms with Crippen molar-refractivity contribution in [3.8, 4) is 16.9 Å². The predicted octanol–water partition coefficient (Wildman–Crippen LogP) is 4.04. The third kappa shape index (κ3) is 10.4. The van der Waals surface area contributed by atoms with Crippen molar-refractivity contribution < 1.29 is 37.8 Å². The average Bonchev–Trinajstić information content (AvgIpc) is 3.64. The second kappa shape index (κ2) is 19.1. The number of hydroxylamine groups is 2. The highest BCUT2D eigenvalue weighted by Crippen LogP contribution is 2.61. The van der Waals surface area contributed by atoms with Crippen LogP contribution in [0.2, 0.25) is 0 Å². The minimum absolute atomic E-state index is 0.0557. The van der Waals surface area contributed by atoms with Crippen molar-refractivity contribution in [2.24, 2.45) is 29.1 Å². The SMILES string of the molecule is COc1c(CN2OC[C@@H]([C@H](C)O)[C@H]2C(=O)N[C@H]2C[C@H]3C[C@@H]([C@@H]2C)C3(C)C)cccc1-c1cc(C(=O)N[C@H](CN(C)C)[C@@H](NS(C)(=O)=O)c2ccccc2)cc(N(C)CCO)c1. The van der Waals surface area contributed by atoms with Gasteiger partial charge >= 0.3 is 0 Å². The van der Waals surface area contributed by atoms with E-state index in [2.05, 4.69) is 36.1 Å². The molecule has 0 radical (unpaired) electrons. The summed E-state index contributed by atoms with van der Waals surface area (Å²) in [7, 11) is 3.44.